The van der Waals surface area contributed by atoms with Crippen LogP contribution < -0.4 is 0 Å². The SMILES string of the molecule is CC(C(=O)C=O)N1C(=O)c2ccccc2C1=O. The maximum Gasteiger partial charge on any atom is 0.262 e. The zero-order valence-corrected chi connectivity index (χ0v) is 9.04. The minimum atomic E-state index is -1.06. The molecule has 0 saturated heterocycles. The largest absolute Gasteiger partial charge is 0.295 e. The Morgan fingerprint density at radius 3 is 2.06 bits per heavy atom. The predicted octanol–water partition coefficient (Wildman–Crippen LogP) is 0.439. The van der Waals surface area contributed by atoms with Crippen LogP contribution in [0.5, 0.6) is 0 Å². The van der Waals surface area contributed by atoms with Crippen LogP contribution in [0.2, 0.25) is 0 Å². The molecule has 86 valence electrons. The van der Waals surface area contributed by atoms with E-state index in [0.717, 1.165) is 4.90 Å². The van der Waals surface area contributed by atoms with Gasteiger partial charge >= 0.3 is 0 Å². The summed E-state index contributed by atoms with van der Waals surface area (Å²) in [5.41, 5.74) is 0.533. The molecule has 5 heteroatoms. The van der Waals surface area contributed by atoms with Crippen molar-refractivity contribution in [2.45, 2.75) is 13.0 Å². The number of aldehydes is 1. The molecule has 1 aliphatic heterocycles. The number of carbonyl (C=O) groups is 4. The highest BCUT2D eigenvalue weighted by Gasteiger charge is 2.40. The number of fused-ring (bicyclic) bond motifs is 1. The molecule has 5 nitrogen and oxygen atoms in total. The Hall–Kier alpha value is -2.30. The Bertz CT molecular complexity index is 500. The first kappa shape index (κ1) is 11.2. The molecule has 2 amide bonds. The highest BCUT2D eigenvalue weighted by Crippen LogP contribution is 2.24. The van der Waals surface area contributed by atoms with E-state index in [1.54, 1.807) is 12.1 Å². The standard InChI is InChI=1S/C12H9NO4/c1-7(10(15)6-14)13-11(16)8-4-2-3-5-9(8)12(13)17/h2-7H,1H3. The van der Waals surface area contributed by atoms with Crippen molar-refractivity contribution >= 4 is 23.9 Å². The molecular weight excluding hydrogens is 222 g/mol. The number of hydrogen-bond donors (Lipinski definition) is 0. The normalized spacial score (nSPS) is 15.7. The molecule has 0 aromatic heterocycles. The number of rotatable bonds is 3. The van der Waals surface area contributed by atoms with Crippen LogP contribution >= 0.6 is 0 Å². The number of carbonyl (C=O) groups excluding carboxylic acids is 4. The van der Waals surface area contributed by atoms with Gasteiger partial charge < -0.3 is 0 Å². The molecule has 1 unspecified atom stereocenters. The van der Waals surface area contributed by atoms with Crippen LogP contribution in [0.1, 0.15) is 27.6 Å². The Morgan fingerprint density at radius 1 is 1.18 bits per heavy atom. The molecular formula is C12H9NO4. The maximum atomic E-state index is 11.9. The lowest BCUT2D eigenvalue weighted by Crippen LogP contribution is -2.43. The molecule has 1 aromatic carbocycles. The van der Waals surface area contributed by atoms with Crippen molar-refractivity contribution in [3.63, 3.8) is 0 Å². The molecule has 17 heavy (non-hydrogen) atoms. The topological polar surface area (TPSA) is 71.5 Å². The van der Waals surface area contributed by atoms with Crippen molar-refractivity contribution in [3.05, 3.63) is 35.4 Å². The fourth-order valence-electron chi connectivity index (χ4n) is 1.79. The van der Waals surface area contributed by atoms with E-state index in [0.29, 0.717) is 0 Å². The van der Waals surface area contributed by atoms with Gasteiger partial charge in [0.25, 0.3) is 11.8 Å². The number of Topliss-reactive ketones (excluding diaryl/α,β-unsaturated/α-hetero) is 1. The lowest BCUT2D eigenvalue weighted by Gasteiger charge is -2.18. The van der Waals surface area contributed by atoms with E-state index in [-0.39, 0.29) is 17.4 Å². The summed E-state index contributed by atoms with van der Waals surface area (Å²) in [6.07, 6.45) is 0.119. The summed E-state index contributed by atoms with van der Waals surface area (Å²) in [5.74, 6) is -1.86. The van der Waals surface area contributed by atoms with E-state index in [9.17, 15) is 19.2 Å². The third-order valence-corrected chi connectivity index (χ3v) is 2.74. The summed E-state index contributed by atoms with van der Waals surface area (Å²) < 4.78 is 0. The average Bonchev–Trinajstić information content (AvgIpc) is 2.61. The number of ketones is 1. The quantitative estimate of drug-likeness (QED) is 0.430. The number of nitrogens with zero attached hydrogens (tertiary/aromatic N) is 1. The van der Waals surface area contributed by atoms with Crippen LogP contribution in [0.25, 0.3) is 0 Å². The summed E-state index contributed by atoms with van der Waals surface area (Å²) in [7, 11) is 0. The van der Waals surface area contributed by atoms with E-state index < -0.39 is 23.6 Å². The number of hydrogen-bond acceptors (Lipinski definition) is 4. The third-order valence-electron chi connectivity index (χ3n) is 2.74. The van der Waals surface area contributed by atoms with Gasteiger partial charge in [-0.3, -0.25) is 24.1 Å². The summed E-state index contributed by atoms with van der Waals surface area (Å²) in [6.45, 7) is 1.36. The van der Waals surface area contributed by atoms with Gasteiger partial charge in [-0.2, -0.15) is 0 Å². The minimum Gasteiger partial charge on any atom is -0.295 e. The van der Waals surface area contributed by atoms with Crippen LogP contribution in [0.4, 0.5) is 0 Å². The number of benzene rings is 1. The first-order chi connectivity index (χ1) is 8.07. The summed E-state index contributed by atoms with van der Waals surface area (Å²) in [6, 6.07) is 5.26. The number of amides is 2. The van der Waals surface area contributed by atoms with E-state index in [1.807, 2.05) is 0 Å². The van der Waals surface area contributed by atoms with Gasteiger partial charge in [-0.25, -0.2) is 0 Å². The molecule has 1 atom stereocenters. The van der Waals surface area contributed by atoms with Gasteiger partial charge in [0.1, 0.15) is 6.04 Å². The fraction of sp³-hybridized carbons (Fsp3) is 0.167. The molecule has 0 spiro atoms. The second-order valence-corrected chi connectivity index (χ2v) is 3.72. The third kappa shape index (κ3) is 1.56. The van der Waals surface area contributed by atoms with Gasteiger partial charge in [0, 0.05) is 0 Å². The van der Waals surface area contributed by atoms with Crippen LogP contribution in [0.3, 0.4) is 0 Å². The molecule has 1 heterocycles. The van der Waals surface area contributed by atoms with Gasteiger partial charge in [0.15, 0.2) is 6.29 Å². The zero-order chi connectivity index (χ0) is 12.6. The average molecular weight is 231 g/mol. The summed E-state index contributed by atoms with van der Waals surface area (Å²) >= 11 is 0. The van der Waals surface area contributed by atoms with Gasteiger partial charge in [0.05, 0.1) is 11.1 Å². The van der Waals surface area contributed by atoms with Crippen molar-refractivity contribution in [1.82, 2.24) is 4.90 Å². The van der Waals surface area contributed by atoms with Crippen molar-refractivity contribution in [3.8, 4) is 0 Å². The van der Waals surface area contributed by atoms with E-state index in [1.165, 1.54) is 19.1 Å². The van der Waals surface area contributed by atoms with Crippen molar-refractivity contribution in [2.75, 3.05) is 0 Å². The van der Waals surface area contributed by atoms with E-state index in [4.69, 9.17) is 0 Å². The zero-order valence-electron chi connectivity index (χ0n) is 9.04. The first-order valence-electron chi connectivity index (χ1n) is 5.04. The Balaban J connectivity index is 2.43. The van der Waals surface area contributed by atoms with Crippen LogP contribution in [0, 0.1) is 0 Å². The second-order valence-electron chi connectivity index (χ2n) is 3.72. The van der Waals surface area contributed by atoms with Crippen LogP contribution in [-0.4, -0.2) is 34.8 Å². The molecule has 0 N–H and O–H groups in total. The highest BCUT2D eigenvalue weighted by molar-refractivity contribution is 6.31. The molecule has 1 aromatic rings. The Morgan fingerprint density at radius 2 is 1.65 bits per heavy atom. The molecule has 2 rings (SSSR count). The molecule has 0 radical (unpaired) electrons. The minimum absolute atomic E-state index is 0.119. The number of imide groups is 1. The molecule has 0 saturated carbocycles. The molecule has 0 aliphatic carbocycles. The van der Waals surface area contributed by atoms with E-state index >= 15 is 0 Å². The lowest BCUT2D eigenvalue weighted by molar-refractivity contribution is -0.132. The van der Waals surface area contributed by atoms with Crippen molar-refractivity contribution < 1.29 is 19.2 Å². The fourth-order valence-corrected chi connectivity index (χ4v) is 1.79. The molecule has 1 aliphatic rings. The van der Waals surface area contributed by atoms with Crippen molar-refractivity contribution in [1.29, 1.82) is 0 Å². The Labute approximate surface area is 97.0 Å². The second kappa shape index (κ2) is 3.93. The van der Waals surface area contributed by atoms with E-state index in [2.05, 4.69) is 0 Å². The predicted molar refractivity (Wildman–Crippen MR) is 57.5 cm³/mol. The van der Waals surface area contributed by atoms with Crippen LogP contribution in [-0.2, 0) is 9.59 Å². The van der Waals surface area contributed by atoms with Gasteiger partial charge in [0.2, 0.25) is 5.78 Å². The highest BCUT2D eigenvalue weighted by atomic mass is 16.2. The van der Waals surface area contributed by atoms with Gasteiger partial charge in [-0.15, -0.1) is 0 Å². The maximum absolute atomic E-state index is 11.9. The summed E-state index contributed by atoms with van der Waals surface area (Å²) in [5, 5.41) is 0. The van der Waals surface area contributed by atoms with Gasteiger partial charge in [-0.05, 0) is 19.1 Å². The smallest absolute Gasteiger partial charge is 0.262 e. The monoisotopic (exact) mass is 231 g/mol. The lowest BCUT2D eigenvalue weighted by atomic mass is 10.1. The first-order valence-corrected chi connectivity index (χ1v) is 5.04. The molecule has 0 bridgehead atoms. The van der Waals surface area contributed by atoms with Crippen molar-refractivity contribution in [2.24, 2.45) is 0 Å². The summed E-state index contributed by atoms with van der Waals surface area (Å²) in [4.78, 5) is 46.2. The van der Waals surface area contributed by atoms with Crippen LogP contribution in [0.15, 0.2) is 24.3 Å². The molecule has 0 fully saturated rings. The van der Waals surface area contributed by atoms with Gasteiger partial charge in [-0.1, -0.05) is 12.1 Å². The Kier molecular flexibility index (Phi) is 2.59.